The van der Waals surface area contributed by atoms with Gasteiger partial charge in [0.1, 0.15) is 0 Å². The Morgan fingerprint density at radius 3 is 2.75 bits per heavy atom. The summed E-state index contributed by atoms with van der Waals surface area (Å²) < 4.78 is 0. The van der Waals surface area contributed by atoms with Crippen LogP contribution in [0, 0.1) is 0 Å². The highest BCUT2D eigenvalue weighted by Crippen LogP contribution is 2.33. The van der Waals surface area contributed by atoms with Crippen molar-refractivity contribution in [1.29, 1.82) is 0 Å². The zero-order chi connectivity index (χ0) is 13.9. The van der Waals surface area contributed by atoms with Crippen molar-refractivity contribution in [3.05, 3.63) is 35.9 Å². The first kappa shape index (κ1) is 13.6. The second-order valence-electron chi connectivity index (χ2n) is 6.08. The molecule has 0 radical (unpaired) electrons. The maximum atomic E-state index is 12.1. The van der Waals surface area contributed by atoms with Crippen LogP contribution in [0.3, 0.4) is 0 Å². The van der Waals surface area contributed by atoms with Crippen molar-refractivity contribution in [2.45, 2.75) is 50.6 Å². The first-order valence-electron chi connectivity index (χ1n) is 7.83. The number of benzene rings is 1. The monoisotopic (exact) mass is 272 g/mol. The van der Waals surface area contributed by atoms with Crippen molar-refractivity contribution < 1.29 is 4.79 Å². The molecular weight excluding hydrogens is 248 g/mol. The normalized spacial score (nSPS) is 30.4. The smallest absolute Gasteiger partial charge is 0.219 e. The minimum Gasteiger partial charge on any atom is -0.338 e. The van der Waals surface area contributed by atoms with Crippen LogP contribution in [0.15, 0.2) is 30.3 Å². The standard InChI is InChI=1S/C17H24N2O/c1-13(20)19-11-7-3-6-10-16-17(19)15(12-18-16)14-8-4-2-5-9-14/h2,4-5,8-9,15-18H,3,6-7,10-12H2,1H3/t15-,16-,17-/m0/s1. The van der Waals surface area contributed by atoms with E-state index in [-0.39, 0.29) is 5.91 Å². The highest BCUT2D eigenvalue weighted by atomic mass is 16.2. The Morgan fingerprint density at radius 2 is 2.00 bits per heavy atom. The van der Waals surface area contributed by atoms with Gasteiger partial charge in [0, 0.05) is 32.0 Å². The second kappa shape index (κ2) is 5.96. The maximum Gasteiger partial charge on any atom is 0.219 e. The van der Waals surface area contributed by atoms with Gasteiger partial charge in [-0.1, -0.05) is 43.2 Å². The van der Waals surface area contributed by atoms with Crippen LogP contribution in [-0.2, 0) is 4.79 Å². The Morgan fingerprint density at radius 1 is 1.20 bits per heavy atom. The van der Waals surface area contributed by atoms with E-state index in [9.17, 15) is 4.79 Å². The zero-order valence-corrected chi connectivity index (χ0v) is 12.2. The highest BCUT2D eigenvalue weighted by molar-refractivity contribution is 5.74. The molecule has 1 aromatic carbocycles. The number of nitrogens with zero attached hydrogens (tertiary/aromatic N) is 1. The van der Waals surface area contributed by atoms with Crippen molar-refractivity contribution in [1.82, 2.24) is 10.2 Å². The Hall–Kier alpha value is -1.35. The summed E-state index contributed by atoms with van der Waals surface area (Å²) in [4.78, 5) is 14.2. The van der Waals surface area contributed by atoms with Crippen LogP contribution in [0.2, 0.25) is 0 Å². The van der Waals surface area contributed by atoms with E-state index in [1.54, 1.807) is 6.92 Å². The number of carbonyl (C=O) groups is 1. The topological polar surface area (TPSA) is 32.3 Å². The SMILES string of the molecule is CC(=O)N1CCCCC[C@@H]2NC[C@@H](c3ccccc3)[C@@H]21. The molecule has 0 saturated carbocycles. The summed E-state index contributed by atoms with van der Waals surface area (Å²) in [6.07, 6.45) is 4.86. The molecule has 1 aromatic rings. The van der Waals surface area contributed by atoms with Crippen molar-refractivity contribution in [3.8, 4) is 0 Å². The van der Waals surface area contributed by atoms with Gasteiger partial charge in [-0.05, 0) is 18.4 Å². The van der Waals surface area contributed by atoms with E-state index in [0.29, 0.717) is 18.0 Å². The molecule has 0 unspecified atom stereocenters. The first-order valence-corrected chi connectivity index (χ1v) is 7.83. The molecule has 0 spiro atoms. The predicted octanol–water partition coefficient (Wildman–Crippen LogP) is 2.53. The van der Waals surface area contributed by atoms with E-state index in [1.165, 1.54) is 24.8 Å². The second-order valence-corrected chi connectivity index (χ2v) is 6.08. The molecule has 2 fully saturated rings. The van der Waals surface area contributed by atoms with Gasteiger partial charge in [-0.25, -0.2) is 0 Å². The summed E-state index contributed by atoms with van der Waals surface area (Å²) in [6, 6.07) is 11.5. The highest BCUT2D eigenvalue weighted by Gasteiger charge is 2.41. The third-order valence-corrected chi connectivity index (χ3v) is 4.83. The Kier molecular flexibility index (Phi) is 4.06. The predicted molar refractivity (Wildman–Crippen MR) is 80.6 cm³/mol. The number of hydrogen-bond donors (Lipinski definition) is 1. The quantitative estimate of drug-likeness (QED) is 0.852. The lowest BCUT2D eigenvalue weighted by Crippen LogP contribution is -2.49. The summed E-state index contributed by atoms with van der Waals surface area (Å²) in [6.45, 7) is 3.63. The molecule has 3 nitrogen and oxygen atoms in total. The van der Waals surface area contributed by atoms with Gasteiger partial charge in [-0.2, -0.15) is 0 Å². The van der Waals surface area contributed by atoms with Crippen LogP contribution < -0.4 is 5.32 Å². The van der Waals surface area contributed by atoms with Crippen molar-refractivity contribution in [3.63, 3.8) is 0 Å². The summed E-state index contributed by atoms with van der Waals surface area (Å²) in [7, 11) is 0. The van der Waals surface area contributed by atoms with Gasteiger partial charge in [0.25, 0.3) is 0 Å². The fourth-order valence-electron chi connectivity index (χ4n) is 3.86. The van der Waals surface area contributed by atoms with Gasteiger partial charge in [-0.15, -0.1) is 0 Å². The summed E-state index contributed by atoms with van der Waals surface area (Å²) in [5.41, 5.74) is 1.36. The van der Waals surface area contributed by atoms with Gasteiger partial charge >= 0.3 is 0 Å². The number of amides is 1. The van der Waals surface area contributed by atoms with E-state index >= 15 is 0 Å². The van der Waals surface area contributed by atoms with Gasteiger partial charge in [-0.3, -0.25) is 4.79 Å². The molecule has 2 saturated heterocycles. The molecule has 1 N–H and O–H groups in total. The molecule has 3 heteroatoms. The number of nitrogens with one attached hydrogen (secondary N) is 1. The Labute approximate surface area is 121 Å². The van der Waals surface area contributed by atoms with Crippen LogP contribution in [0.1, 0.15) is 44.1 Å². The molecule has 1 amide bonds. The summed E-state index contributed by atoms with van der Waals surface area (Å²) in [5, 5.41) is 3.67. The van der Waals surface area contributed by atoms with Gasteiger partial charge in [0.05, 0.1) is 6.04 Å². The van der Waals surface area contributed by atoms with E-state index in [4.69, 9.17) is 0 Å². The van der Waals surface area contributed by atoms with Crippen molar-refractivity contribution >= 4 is 5.91 Å². The average molecular weight is 272 g/mol. The minimum atomic E-state index is 0.228. The van der Waals surface area contributed by atoms with Crippen LogP contribution in [-0.4, -0.2) is 36.0 Å². The fraction of sp³-hybridized carbons (Fsp3) is 0.588. The lowest BCUT2D eigenvalue weighted by molar-refractivity contribution is -0.132. The van der Waals surface area contributed by atoms with Crippen molar-refractivity contribution in [2.75, 3.05) is 13.1 Å². The Balaban J connectivity index is 1.90. The van der Waals surface area contributed by atoms with Crippen LogP contribution in [0.4, 0.5) is 0 Å². The molecule has 2 aliphatic heterocycles. The molecule has 2 aliphatic rings. The van der Waals surface area contributed by atoms with Gasteiger partial charge < -0.3 is 10.2 Å². The van der Waals surface area contributed by atoms with E-state index in [1.807, 2.05) is 0 Å². The molecule has 0 bridgehead atoms. The molecule has 3 rings (SSSR count). The number of rotatable bonds is 1. The molecule has 2 heterocycles. The largest absolute Gasteiger partial charge is 0.338 e. The summed E-state index contributed by atoms with van der Waals surface area (Å²) >= 11 is 0. The van der Waals surface area contributed by atoms with Crippen LogP contribution in [0.25, 0.3) is 0 Å². The molecule has 0 aromatic heterocycles. The molecule has 3 atom stereocenters. The van der Waals surface area contributed by atoms with E-state index in [2.05, 4.69) is 40.5 Å². The van der Waals surface area contributed by atoms with Crippen LogP contribution >= 0.6 is 0 Å². The lowest BCUT2D eigenvalue weighted by atomic mass is 9.87. The van der Waals surface area contributed by atoms with Crippen molar-refractivity contribution in [2.24, 2.45) is 0 Å². The number of carbonyl (C=O) groups excluding carboxylic acids is 1. The van der Waals surface area contributed by atoms with E-state index < -0.39 is 0 Å². The fourth-order valence-corrected chi connectivity index (χ4v) is 3.86. The number of likely N-dealkylation sites (tertiary alicyclic amines) is 1. The Bertz CT molecular complexity index is 459. The van der Waals surface area contributed by atoms with Crippen LogP contribution in [0.5, 0.6) is 0 Å². The third kappa shape index (κ3) is 2.59. The maximum absolute atomic E-state index is 12.1. The minimum absolute atomic E-state index is 0.228. The first-order chi connectivity index (χ1) is 9.77. The van der Waals surface area contributed by atoms with Gasteiger partial charge in [0.15, 0.2) is 0 Å². The zero-order valence-electron chi connectivity index (χ0n) is 12.2. The number of hydrogen-bond acceptors (Lipinski definition) is 2. The molecule has 0 aliphatic carbocycles. The van der Waals surface area contributed by atoms with E-state index in [0.717, 1.165) is 19.5 Å². The molecule has 108 valence electrons. The average Bonchev–Trinajstić information content (AvgIpc) is 2.82. The molecule has 20 heavy (non-hydrogen) atoms. The summed E-state index contributed by atoms with van der Waals surface area (Å²) in [5.74, 6) is 0.662. The van der Waals surface area contributed by atoms with Gasteiger partial charge in [0.2, 0.25) is 5.91 Å². The lowest BCUT2D eigenvalue weighted by Gasteiger charge is -2.37. The number of fused-ring (bicyclic) bond motifs is 1. The third-order valence-electron chi connectivity index (χ3n) is 4.83. The molecular formula is C17H24N2O.